The number of hydrogen-bond acceptors (Lipinski definition) is 4. The van der Waals surface area contributed by atoms with Crippen LogP contribution in [0.4, 0.5) is 5.69 Å². The molecule has 1 aromatic heterocycles. The van der Waals surface area contributed by atoms with E-state index in [1.165, 1.54) is 17.8 Å². The number of nitrogens with two attached hydrogens (primary N) is 1. The zero-order valence-electron chi connectivity index (χ0n) is 9.03. The molecule has 1 heterocycles. The van der Waals surface area contributed by atoms with Gasteiger partial charge < -0.3 is 10.7 Å². The molecule has 0 bridgehead atoms. The Morgan fingerprint density at radius 1 is 1.47 bits per heavy atom. The molecule has 0 unspecified atom stereocenters. The number of aromatic amines is 1. The maximum atomic E-state index is 11.3. The summed E-state index contributed by atoms with van der Waals surface area (Å²) in [4.78, 5) is 18.9. The Morgan fingerprint density at radius 3 is 2.94 bits per heavy atom. The highest BCUT2D eigenvalue weighted by Gasteiger charge is 2.07. The molecule has 0 aliphatic carbocycles. The second kappa shape index (κ2) is 4.81. The molecule has 3 N–H and O–H groups in total. The van der Waals surface area contributed by atoms with Crippen molar-refractivity contribution in [2.24, 2.45) is 0 Å². The summed E-state index contributed by atoms with van der Waals surface area (Å²) in [5, 5.41) is 0.994. The lowest BCUT2D eigenvalue weighted by Crippen LogP contribution is -2.08. The molecular weight excluding hydrogens is 258 g/mol. The van der Waals surface area contributed by atoms with Crippen molar-refractivity contribution in [2.75, 3.05) is 5.73 Å². The van der Waals surface area contributed by atoms with Crippen LogP contribution in [-0.4, -0.2) is 9.97 Å². The highest BCUT2D eigenvalue weighted by molar-refractivity contribution is 7.99. The summed E-state index contributed by atoms with van der Waals surface area (Å²) in [6.07, 6.45) is 0. The van der Waals surface area contributed by atoms with Gasteiger partial charge in [0.05, 0.1) is 10.7 Å². The molecule has 0 aliphatic heterocycles. The summed E-state index contributed by atoms with van der Waals surface area (Å²) >= 11 is 7.19. The molecule has 0 atom stereocenters. The Bertz CT molecular complexity index is 612. The molecule has 17 heavy (non-hydrogen) atoms. The average Bonchev–Trinajstić information content (AvgIpc) is 2.23. The first-order chi connectivity index (χ1) is 8.06. The van der Waals surface area contributed by atoms with Crippen LogP contribution >= 0.6 is 23.4 Å². The van der Waals surface area contributed by atoms with Crippen molar-refractivity contribution in [3.63, 3.8) is 0 Å². The smallest absolute Gasteiger partial charge is 0.251 e. The molecule has 2 aromatic rings. The first-order valence-corrected chi connectivity index (χ1v) is 6.05. The quantitative estimate of drug-likeness (QED) is 0.648. The monoisotopic (exact) mass is 267 g/mol. The molecule has 2 rings (SSSR count). The average molecular weight is 268 g/mol. The van der Waals surface area contributed by atoms with Crippen LogP contribution in [0.2, 0.25) is 5.02 Å². The normalized spacial score (nSPS) is 10.5. The second-order valence-corrected chi connectivity index (χ2v) is 4.88. The van der Waals surface area contributed by atoms with Crippen LogP contribution in [0.3, 0.4) is 0 Å². The van der Waals surface area contributed by atoms with E-state index in [4.69, 9.17) is 17.3 Å². The molecule has 1 aromatic carbocycles. The van der Waals surface area contributed by atoms with Crippen molar-refractivity contribution >= 4 is 29.1 Å². The van der Waals surface area contributed by atoms with Crippen LogP contribution in [-0.2, 0) is 0 Å². The zero-order chi connectivity index (χ0) is 12.4. The lowest BCUT2D eigenvalue weighted by atomic mass is 10.3. The molecular formula is C11H10ClN3OS. The van der Waals surface area contributed by atoms with Gasteiger partial charge in [0.2, 0.25) is 0 Å². The van der Waals surface area contributed by atoms with E-state index in [0.29, 0.717) is 21.6 Å². The first kappa shape index (κ1) is 12.0. The third-order valence-corrected chi connectivity index (χ3v) is 3.36. The SMILES string of the molecule is Cc1cc(=O)[nH]c(Sc2cccc(Cl)c2N)n1. The van der Waals surface area contributed by atoms with E-state index in [9.17, 15) is 4.79 Å². The van der Waals surface area contributed by atoms with E-state index in [0.717, 1.165) is 4.90 Å². The van der Waals surface area contributed by atoms with E-state index in [1.807, 2.05) is 6.07 Å². The molecule has 88 valence electrons. The van der Waals surface area contributed by atoms with Gasteiger partial charge in [0.15, 0.2) is 5.16 Å². The van der Waals surface area contributed by atoms with Crippen LogP contribution in [0.15, 0.2) is 39.1 Å². The molecule has 0 saturated carbocycles. The van der Waals surface area contributed by atoms with E-state index in [1.54, 1.807) is 19.1 Å². The van der Waals surface area contributed by atoms with Crippen molar-refractivity contribution in [3.8, 4) is 0 Å². The minimum Gasteiger partial charge on any atom is -0.397 e. The summed E-state index contributed by atoms with van der Waals surface area (Å²) in [5.74, 6) is 0. The highest BCUT2D eigenvalue weighted by atomic mass is 35.5. The first-order valence-electron chi connectivity index (χ1n) is 4.86. The molecule has 0 fully saturated rings. The minimum absolute atomic E-state index is 0.180. The molecule has 0 spiro atoms. The number of para-hydroxylation sites is 1. The van der Waals surface area contributed by atoms with Gasteiger partial charge in [-0.25, -0.2) is 4.98 Å². The number of H-pyrrole nitrogens is 1. The van der Waals surface area contributed by atoms with Gasteiger partial charge in [-0.1, -0.05) is 17.7 Å². The zero-order valence-corrected chi connectivity index (χ0v) is 10.6. The molecule has 0 amide bonds. The summed E-state index contributed by atoms with van der Waals surface area (Å²) in [6.45, 7) is 1.76. The maximum Gasteiger partial charge on any atom is 0.251 e. The van der Waals surface area contributed by atoms with Gasteiger partial charge in [0, 0.05) is 16.7 Å². The highest BCUT2D eigenvalue weighted by Crippen LogP contribution is 2.33. The summed E-state index contributed by atoms with van der Waals surface area (Å²) < 4.78 is 0. The van der Waals surface area contributed by atoms with Crippen molar-refractivity contribution in [1.29, 1.82) is 0 Å². The fourth-order valence-electron chi connectivity index (χ4n) is 1.31. The van der Waals surface area contributed by atoms with E-state index < -0.39 is 0 Å². The number of nitrogen functional groups attached to an aromatic ring is 1. The predicted molar refractivity (Wildman–Crippen MR) is 69.6 cm³/mol. The number of anilines is 1. The van der Waals surface area contributed by atoms with Crippen molar-refractivity contribution in [1.82, 2.24) is 9.97 Å². The number of rotatable bonds is 2. The van der Waals surface area contributed by atoms with Crippen LogP contribution in [0.5, 0.6) is 0 Å². The Hall–Kier alpha value is -1.46. The van der Waals surface area contributed by atoms with Crippen molar-refractivity contribution in [3.05, 3.63) is 45.3 Å². The van der Waals surface area contributed by atoms with Gasteiger partial charge >= 0.3 is 0 Å². The molecule has 0 aliphatic rings. The van der Waals surface area contributed by atoms with Crippen molar-refractivity contribution in [2.45, 2.75) is 17.0 Å². The largest absolute Gasteiger partial charge is 0.397 e. The number of halogens is 1. The van der Waals surface area contributed by atoms with Gasteiger partial charge in [-0.3, -0.25) is 4.79 Å². The third kappa shape index (κ3) is 2.81. The molecule has 6 heteroatoms. The van der Waals surface area contributed by atoms with Crippen molar-refractivity contribution < 1.29 is 0 Å². The Labute approximate surface area is 107 Å². The number of nitrogens with one attached hydrogen (secondary N) is 1. The van der Waals surface area contributed by atoms with Crippen LogP contribution in [0, 0.1) is 6.92 Å². The maximum absolute atomic E-state index is 11.3. The lowest BCUT2D eigenvalue weighted by Gasteiger charge is -2.06. The van der Waals surface area contributed by atoms with E-state index in [2.05, 4.69) is 9.97 Å². The summed E-state index contributed by atoms with van der Waals surface area (Å²) in [6, 6.07) is 6.78. The number of hydrogen-bond donors (Lipinski definition) is 2. The molecule has 0 radical (unpaired) electrons. The van der Waals surface area contributed by atoms with E-state index in [-0.39, 0.29) is 5.56 Å². The fourth-order valence-corrected chi connectivity index (χ4v) is 2.46. The number of aryl methyl sites for hydroxylation is 1. The van der Waals surface area contributed by atoms with Crippen LogP contribution < -0.4 is 11.3 Å². The topological polar surface area (TPSA) is 71.8 Å². The number of benzene rings is 1. The third-order valence-electron chi connectivity index (χ3n) is 2.07. The second-order valence-electron chi connectivity index (χ2n) is 3.45. The summed E-state index contributed by atoms with van der Waals surface area (Å²) in [7, 11) is 0. The van der Waals surface area contributed by atoms with Gasteiger partial charge in [-0.05, 0) is 30.8 Å². The minimum atomic E-state index is -0.180. The van der Waals surface area contributed by atoms with Gasteiger partial charge in [0.1, 0.15) is 0 Å². The van der Waals surface area contributed by atoms with E-state index >= 15 is 0 Å². The fraction of sp³-hybridized carbons (Fsp3) is 0.0909. The Balaban J connectivity index is 2.38. The van der Waals surface area contributed by atoms with Crippen LogP contribution in [0.1, 0.15) is 5.69 Å². The standard InChI is InChI=1S/C11H10ClN3OS/c1-6-5-9(16)15-11(14-6)17-8-4-2-3-7(12)10(8)13/h2-5H,13H2,1H3,(H,14,15,16). The van der Waals surface area contributed by atoms with Gasteiger partial charge in [-0.15, -0.1) is 0 Å². The molecule has 0 saturated heterocycles. The van der Waals surface area contributed by atoms with Crippen LogP contribution in [0.25, 0.3) is 0 Å². The lowest BCUT2D eigenvalue weighted by molar-refractivity contribution is 0.905. The van der Waals surface area contributed by atoms with Gasteiger partial charge in [0.25, 0.3) is 5.56 Å². The number of aromatic nitrogens is 2. The predicted octanol–water partition coefficient (Wildman–Crippen LogP) is 2.47. The Morgan fingerprint density at radius 2 is 2.24 bits per heavy atom. The molecule has 4 nitrogen and oxygen atoms in total. The summed E-state index contributed by atoms with van der Waals surface area (Å²) in [5.41, 5.74) is 6.81. The number of nitrogens with zero attached hydrogens (tertiary/aromatic N) is 1. The Kier molecular flexibility index (Phi) is 3.40. The van der Waals surface area contributed by atoms with Gasteiger partial charge in [-0.2, -0.15) is 0 Å².